The Bertz CT molecular complexity index is 640. The molecule has 0 aromatic heterocycles. The average Bonchev–Trinajstić information content (AvgIpc) is 2.66. The number of rotatable bonds is 9. The van der Waals surface area contributed by atoms with E-state index in [4.69, 9.17) is 4.74 Å². The first kappa shape index (κ1) is 20.0. The van der Waals surface area contributed by atoms with Crippen molar-refractivity contribution in [2.75, 3.05) is 26.7 Å². The molecule has 142 valence electrons. The standard InChI is InChI=1S/C21H30N2O3/c1-17(24)23(14-12-18-7-4-3-5-8-18)16-21(25)22-13-11-19-9-6-10-20(15-19)26-2/h6-7,9-10,15H,3-5,8,11-14,16H2,1-2H3,(H,22,25). The number of amides is 2. The minimum Gasteiger partial charge on any atom is -0.497 e. The third-order valence-electron chi connectivity index (χ3n) is 4.74. The molecule has 0 atom stereocenters. The molecule has 5 nitrogen and oxygen atoms in total. The van der Waals surface area contributed by atoms with Gasteiger partial charge in [-0.05, 0) is 56.2 Å². The Hall–Kier alpha value is -2.30. The van der Waals surface area contributed by atoms with E-state index in [2.05, 4.69) is 11.4 Å². The number of ether oxygens (including phenoxy) is 1. The lowest BCUT2D eigenvalue weighted by molar-refractivity contribution is -0.134. The van der Waals surface area contributed by atoms with Crippen LogP contribution in [0, 0.1) is 0 Å². The Labute approximate surface area is 156 Å². The second-order valence-corrected chi connectivity index (χ2v) is 6.75. The number of hydrogen-bond acceptors (Lipinski definition) is 3. The number of nitrogens with zero attached hydrogens (tertiary/aromatic N) is 1. The molecule has 2 amide bonds. The van der Waals surface area contributed by atoms with Gasteiger partial charge < -0.3 is 15.0 Å². The summed E-state index contributed by atoms with van der Waals surface area (Å²) in [5, 5.41) is 2.90. The van der Waals surface area contributed by atoms with Crippen molar-refractivity contribution in [2.45, 2.75) is 45.4 Å². The van der Waals surface area contributed by atoms with Crippen molar-refractivity contribution in [3.8, 4) is 5.75 Å². The van der Waals surface area contributed by atoms with E-state index < -0.39 is 0 Å². The van der Waals surface area contributed by atoms with Gasteiger partial charge in [-0.1, -0.05) is 23.8 Å². The summed E-state index contributed by atoms with van der Waals surface area (Å²) in [6, 6.07) is 7.81. The molecule has 0 radical (unpaired) electrons. The van der Waals surface area contributed by atoms with Crippen molar-refractivity contribution in [1.29, 1.82) is 0 Å². The van der Waals surface area contributed by atoms with Gasteiger partial charge in [0.25, 0.3) is 0 Å². The normalized spacial score (nSPS) is 13.7. The number of allylic oxidation sites excluding steroid dienone is 1. The minimum atomic E-state index is -0.110. The van der Waals surface area contributed by atoms with E-state index in [1.54, 1.807) is 12.0 Å². The molecule has 0 aliphatic heterocycles. The van der Waals surface area contributed by atoms with E-state index in [-0.39, 0.29) is 18.4 Å². The Balaban J connectivity index is 1.74. The summed E-state index contributed by atoms with van der Waals surface area (Å²) in [4.78, 5) is 25.6. The summed E-state index contributed by atoms with van der Waals surface area (Å²) in [5.41, 5.74) is 2.53. The smallest absolute Gasteiger partial charge is 0.239 e. The number of benzene rings is 1. The Morgan fingerprint density at radius 2 is 2.08 bits per heavy atom. The Kier molecular flexibility index (Phi) is 8.19. The van der Waals surface area contributed by atoms with Gasteiger partial charge in [-0.25, -0.2) is 0 Å². The van der Waals surface area contributed by atoms with Crippen molar-refractivity contribution in [1.82, 2.24) is 10.2 Å². The van der Waals surface area contributed by atoms with E-state index >= 15 is 0 Å². The van der Waals surface area contributed by atoms with E-state index in [0.29, 0.717) is 13.1 Å². The fraction of sp³-hybridized carbons (Fsp3) is 0.524. The Morgan fingerprint density at radius 3 is 2.77 bits per heavy atom. The molecule has 0 heterocycles. The zero-order valence-electron chi connectivity index (χ0n) is 15.9. The van der Waals surface area contributed by atoms with Crippen LogP contribution in [0.15, 0.2) is 35.9 Å². The quantitative estimate of drug-likeness (QED) is 0.690. The lowest BCUT2D eigenvalue weighted by Crippen LogP contribution is -2.40. The summed E-state index contributed by atoms with van der Waals surface area (Å²) in [5.74, 6) is 0.652. The molecular formula is C21H30N2O3. The van der Waals surface area contributed by atoms with Gasteiger partial charge in [-0.2, -0.15) is 0 Å². The molecule has 0 fully saturated rings. The zero-order valence-corrected chi connectivity index (χ0v) is 15.9. The predicted octanol–water partition coefficient (Wildman–Crippen LogP) is 3.09. The molecule has 0 unspecified atom stereocenters. The van der Waals surface area contributed by atoms with Crippen LogP contribution >= 0.6 is 0 Å². The van der Waals surface area contributed by atoms with E-state index in [9.17, 15) is 9.59 Å². The maximum absolute atomic E-state index is 12.2. The number of nitrogens with one attached hydrogen (secondary N) is 1. The molecule has 5 heteroatoms. The lowest BCUT2D eigenvalue weighted by Gasteiger charge is -2.22. The third-order valence-corrected chi connectivity index (χ3v) is 4.74. The van der Waals surface area contributed by atoms with Crippen LogP contribution in [0.3, 0.4) is 0 Å². The van der Waals surface area contributed by atoms with Crippen LogP contribution in [-0.4, -0.2) is 43.5 Å². The SMILES string of the molecule is COc1cccc(CCNC(=O)CN(CCC2=CCCCC2)C(C)=O)c1. The molecule has 0 saturated carbocycles. The van der Waals surface area contributed by atoms with E-state index in [0.717, 1.165) is 37.0 Å². The van der Waals surface area contributed by atoms with Crippen molar-refractivity contribution in [3.05, 3.63) is 41.5 Å². The Morgan fingerprint density at radius 1 is 1.23 bits per heavy atom. The van der Waals surface area contributed by atoms with E-state index in [1.165, 1.54) is 25.3 Å². The van der Waals surface area contributed by atoms with Crippen LogP contribution in [0.4, 0.5) is 0 Å². The van der Waals surface area contributed by atoms with Crippen LogP contribution in [0.2, 0.25) is 0 Å². The van der Waals surface area contributed by atoms with Gasteiger partial charge in [0, 0.05) is 20.0 Å². The molecule has 0 spiro atoms. The van der Waals surface area contributed by atoms with Crippen LogP contribution < -0.4 is 10.1 Å². The fourth-order valence-electron chi connectivity index (χ4n) is 3.16. The van der Waals surface area contributed by atoms with Gasteiger partial charge in [0.05, 0.1) is 13.7 Å². The van der Waals surface area contributed by atoms with Gasteiger partial charge in [-0.3, -0.25) is 9.59 Å². The number of hydrogen-bond donors (Lipinski definition) is 1. The number of carbonyl (C=O) groups is 2. The first-order valence-corrected chi connectivity index (χ1v) is 9.41. The fourth-order valence-corrected chi connectivity index (χ4v) is 3.16. The first-order valence-electron chi connectivity index (χ1n) is 9.41. The highest BCUT2D eigenvalue weighted by molar-refractivity contribution is 5.83. The van der Waals surface area contributed by atoms with Crippen LogP contribution in [0.25, 0.3) is 0 Å². The lowest BCUT2D eigenvalue weighted by atomic mass is 9.97. The molecule has 26 heavy (non-hydrogen) atoms. The van der Waals surface area contributed by atoms with Crippen molar-refractivity contribution in [3.63, 3.8) is 0 Å². The molecule has 0 bridgehead atoms. The van der Waals surface area contributed by atoms with E-state index in [1.807, 2.05) is 24.3 Å². The predicted molar refractivity (Wildman–Crippen MR) is 103 cm³/mol. The highest BCUT2D eigenvalue weighted by Crippen LogP contribution is 2.20. The van der Waals surface area contributed by atoms with Gasteiger partial charge >= 0.3 is 0 Å². The maximum Gasteiger partial charge on any atom is 0.239 e. The topological polar surface area (TPSA) is 58.6 Å². The second kappa shape index (κ2) is 10.6. The van der Waals surface area contributed by atoms with Gasteiger partial charge in [0.15, 0.2) is 0 Å². The average molecular weight is 358 g/mol. The molecule has 1 aliphatic carbocycles. The first-order chi connectivity index (χ1) is 12.6. The minimum absolute atomic E-state index is 0.0515. The molecule has 2 rings (SSSR count). The monoisotopic (exact) mass is 358 g/mol. The van der Waals surface area contributed by atoms with Gasteiger partial charge in [0.2, 0.25) is 11.8 Å². The molecule has 1 N–H and O–H groups in total. The summed E-state index contributed by atoms with van der Waals surface area (Å²) in [6.45, 7) is 2.81. The highest BCUT2D eigenvalue weighted by atomic mass is 16.5. The number of carbonyl (C=O) groups excluding carboxylic acids is 2. The van der Waals surface area contributed by atoms with Gasteiger partial charge in [-0.15, -0.1) is 0 Å². The van der Waals surface area contributed by atoms with Crippen molar-refractivity contribution < 1.29 is 14.3 Å². The van der Waals surface area contributed by atoms with Crippen molar-refractivity contribution in [2.24, 2.45) is 0 Å². The zero-order chi connectivity index (χ0) is 18.8. The molecule has 1 aromatic rings. The summed E-state index contributed by atoms with van der Waals surface area (Å²) in [7, 11) is 1.64. The third kappa shape index (κ3) is 6.90. The summed E-state index contributed by atoms with van der Waals surface area (Å²) in [6.07, 6.45) is 8.65. The number of methoxy groups -OCH3 is 1. The molecule has 0 saturated heterocycles. The molecular weight excluding hydrogens is 328 g/mol. The maximum atomic E-state index is 12.2. The second-order valence-electron chi connectivity index (χ2n) is 6.75. The largest absolute Gasteiger partial charge is 0.497 e. The summed E-state index contributed by atoms with van der Waals surface area (Å²) >= 11 is 0. The molecule has 1 aliphatic rings. The highest BCUT2D eigenvalue weighted by Gasteiger charge is 2.14. The van der Waals surface area contributed by atoms with Crippen molar-refractivity contribution >= 4 is 11.8 Å². The van der Waals surface area contributed by atoms with Crippen LogP contribution in [-0.2, 0) is 16.0 Å². The van der Waals surface area contributed by atoms with Gasteiger partial charge in [0.1, 0.15) is 5.75 Å². The van der Waals surface area contributed by atoms with Crippen LogP contribution in [0.5, 0.6) is 5.75 Å². The summed E-state index contributed by atoms with van der Waals surface area (Å²) < 4.78 is 5.20. The van der Waals surface area contributed by atoms with Crippen LogP contribution in [0.1, 0.15) is 44.6 Å². The molecule has 1 aromatic carbocycles.